The second kappa shape index (κ2) is 7.92. The molecular formula is C22H25N3O2. The highest BCUT2D eigenvalue weighted by Crippen LogP contribution is 2.30. The Kier molecular flexibility index (Phi) is 5.21. The van der Waals surface area contributed by atoms with E-state index in [0.29, 0.717) is 5.56 Å². The van der Waals surface area contributed by atoms with Crippen LogP contribution < -0.4 is 5.32 Å². The van der Waals surface area contributed by atoms with E-state index in [0.717, 1.165) is 51.3 Å². The minimum absolute atomic E-state index is 0.0643. The molecule has 27 heavy (non-hydrogen) atoms. The first-order chi connectivity index (χ1) is 13.2. The molecule has 1 saturated carbocycles. The first-order valence-electron chi connectivity index (χ1n) is 9.65. The van der Waals surface area contributed by atoms with Crippen LogP contribution in [0.1, 0.15) is 28.8 Å². The van der Waals surface area contributed by atoms with Crippen LogP contribution >= 0.6 is 0 Å². The van der Waals surface area contributed by atoms with Crippen molar-refractivity contribution in [1.29, 1.82) is 0 Å². The fourth-order valence-corrected chi connectivity index (χ4v) is 3.42. The lowest BCUT2D eigenvalue weighted by Crippen LogP contribution is -2.48. The average Bonchev–Trinajstić information content (AvgIpc) is 3.55. The molecule has 2 aromatic carbocycles. The lowest BCUT2D eigenvalue weighted by Gasteiger charge is -2.34. The van der Waals surface area contributed by atoms with Gasteiger partial charge >= 0.3 is 0 Å². The van der Waals surface area contributed by atoms with E-state index in [1.165, 1.54) is 5.56 Å². The number of piperazine rings is 1. The van der Waals surface area contributed by atoms with E-state index >= 15 is 0 Å². The van der Waals surface area contributed by atoms with Gasteiger partial charge in [-0.05, 0) is 42.7 Å². The number of benzene rings is 2. The topological polar surface area (TPSA) is 52.7 Å². The summed E-state index contributed by atoms with van der Waals surface area (Å²) in [4.78, 5) is 28.8. The second-order valence-corrected chi connectivity index (χ2v) is 7.39. The molecule has 0 bridgehead atoms. The maximum absolute atomic E-state index is 12.7. The Morgan fingerprint density at radius 3 is 2.19 bits per heavy atom. The quantitative estimate of drug-likeness (QED) is 0.889. The number of amides is 2. The minimum Gasteiger partial charge on any atom is -0.336 e. The largest absolute Gasteiger partial charge is 0.336 e. The zero-order valence-corrected chi connectivity index (χ0v) is 15.4. The summed E-state index contributed by atoms with van der Waals surface area (Å²) in [5.41, 5.74) is 2.74. The van der Waals surface area contributed by atoms with Gasteiger partial charge in [-0.15, -0.1) is 0 Å². The van der Waals surface area contributed by atoms with Crippen LogP contribution in [0.2, 0.25) is 0 Å². The van der Waals surface area contributed by atoms with Gasteiger partial charge in [-0.2, -0.15) is 0 Å². The second-order valence-electron chi connectivity index (χ2n) is 7.39. The van der Waals surface area contributed by atoms with Crippen LogP contribution in [-0.2, 0) is 11.3 Å². The van der Waals surface area contributed by atoms with Crippen LogP contribution in [0.15, 0.2) is 54.6 Å². The number of nitrogens with zero attached hydrogens (tertiary/aromatic N) is 2. The summed E-state index contributed by atoms with van der Waals surface area (Å²) >= 11 is 0. The van der Waals surface area contributed by atoms with Crippen molar-refractivity contribution in [2.24, 2.45) is 5.92 Å². The summed E-state index contributed by atoms with van der Waals surface area (Å²) in [6.45, 7) is 4.18. The van der Waals surface area contributed by atoms with Gasteiger partial charge in [-0.3, -0.25) is 14.5 Å². The SMILES string of the molecule is O=C(Nc1ccc(C(=O)N2CCN(Cc3ccccc3)CC2)cc1)C1CC1. The van der Waals surface area contributed by atoms with Crippen molar-refractivity contribution in [3.8, 4) is 0 Å². The van der Waals surface area contributed by atoms with E-state index < -0.39 is 0 Å². The molecule has 1 aliphatic carbocycles. The molecular weight excluding hydrogens is 338 g/mol. The van der Waals surface area contributed by atoms with Gasteiger partial charge in [0.15, 0.2) is 0 Å². The van der Waals surface area contributed by atoms with Gasteiger partial charge in [0.1, 0.15) is 0 Å². The zero-order valence-electron chi connectivity index (χ0n) is 15.4. The molecule has 1 N–H and O–H groups in total. The van der Waals surface area contributed by atoms with E-state index in [1.807, 2.05) is 23.1 Å². The van der Waals surface area contributed by atoms with Crippen molar-refractivity contribution >= 4 is 17.5 Å². The summed E-state index contributed by atoms with van der Waals surface area (Å²) in [5.74, 6) is 0.330. The Morgan fingerprint density at radius 2 is 1.56 bits per heavy atom. The molecule has 140 valence electrons. The molecule has 0 aromatic heterocycles. The van der Waals surface area contributed by atoms with Gasteiger partial charge in [0, 0.05) is 49.9 Å². The summed E-state index contributed by atoms with van der Waals surface area (Å²) in [6, 6.07) is 17.7. The normalized spacial score (nSPS) is 17.6. The predicted molar refractivity (Wildman–Crippen MR) is 105 cm³/mol. The van der Waals surface area contributed by atoms with Crippen molar-refractivity contribution in [1.82, 2.24) is 9.80 Å². The molecule has 2 aromatic rings. The van der Waals surface area contributed by atoms with Gasteiger partial charge < -0.3 is 10.2 Å². The lowest BCUT2D eigenvalue weighted by atomic mass is 10.1. The van der Waals surface area contributed by atoms with Crippen molar-refractivity contribution in [2.75, 3.05) is 31.5 Å². The van der Waals surface area contributed by atoms with Crippen molar-refractivity contribution in [3.05, 3.63) is 65.7 Å². The van der Waals surface area contributed by atoms with Crippen LogP contribution in [-0.4, -0.2) is 47.8 Å². The number of anilines is 1. The molecule has 5 nitrogen and oxygen atoms in total. The highest BCUT2D eigenvalue weighted by Gasteiger charge is 2.29. The Hall–Kier alpha value is -2.66. The van der Waals surface area contributed by atoms with Crippen LogP contribution in [0.25, 0.3) is 0 Å². The van der Waals surface area contributed by atoms with Gasteiger partial charge in [0.2, 0.25) is 5.91 Å². The first kappa shape index (κ1) is 17.7. The first-order valence-corrected chi connectivity index (χ1v) is 9.65. The predicted octanol–water partition coefficient (Wildman–Crippen LogP) is 2.99. The van der Waals surface area contributed by atoms with E-state index in [-0.39, 0.29) is 17.7 Å². The van der Waals surface area contributed by atoms with Crippen LogP contribution in [0.4, 0.5) is 5.69 Å². The molecule has 0 radical (unpaired) electrons. The summed E-state index contributed by atoms with van der Waals surface area (Å²) < 4.78 is 0. The van der Waals surface area contributed by atoms with Crippen molar-refractivity contribution < 1.29 is 9.59 Å². The lowest BCUT2D eigenvalue weighted by molar-refractivity contribution is -0.117. The molecule has 1 aliphatic heterocycles. The summed E-state index contributed by atoms with van der Waals surface area (Å²) in [5, 5.41) is 2.91. The number of carbonyl (C=O) groups excluding carboxylic acids is 2. The van der Waals surface area contributed by atoms with Crippen LogP contribution in [0.3, 0.4) is 0 Å². The van der Waals surface area contributed by atoms with Crippen LogP contribution in [0.5, 0.6) is 0 Å². The van der Waals surface area contributed by atoms with Gasteiger partial charge in [0.25, 0.3) is 5.91 Å². The smallest absolute Gasteiger partial charge is 0.253 e. The van der Waals surface area contributed by atoms with Crippen LogP contribution in [0, 0.1) is 5.92 Å². The average molecular weight is 363 g/mol. The summed E-state index contributed by atoms with van der Waals surface area (Å²) in [7, 11) is 0. The molecule has 1 saturated heterocycles. The molecule has 2 fully saturated rings. The molecule has 0 atom stereocenters. The van der Waals surface area contributed by atoms with Gasteiger partial charge in [0.05, 0.1) is 0 Å². The highest BCUT2D eigenvalue weighted by atomic mass is 16.2. The maximum Gasteiger partial charge on any atom is 0.253 e. The van der Waals surface area contributed by atoms with E-state index in [1.54, 1.807) is 12.1 Å². The molecule has 4 rings (SSSR count). The van der Waals surface area contributed by atoms with Gasteiger partial charge in [-0.1, -0.05) is 30.3 Å². The Balaban J connectivity index is 1.29. The van der Waals surface area contributed by atoms with Crippen molar-refractivity contribution in [2.45, 2.75) is 19.4 Å². The summed E-state index contributed by atoms with van der Waals surface area (Å²) in [6.07, 6.45) is 1.97. The highest BCUT2D eigenvalue weighted by molar-refractivity contribution is 5.96. The fourth-order valence-electron chi connectivity index (χ4n) is 3.42. The van der Waals surface area contributed by atoms with Crippen molar-refractivity contribution in [3.63, 3.8) is 0 Å². The van der Waals surface area contributed by atoms with E-state index in [4.69, 9.17) is 0 Å². The Bertz CT molecular complexity index is 792. The maximum atomic E-state index is 12.7. The van der Waals surface area contributed by atoms with E-state index in [2.05, 4.69) is 34.5 Å². The Morgan fingerprint density at radius 1 is 0.889 bits per heavy atom. The molecule has 0 spiro atoms. The number of carbonyl (C=O) groups is 2. The molecule has 2 amide bonds. The standard InChI is InChI=1S/C22H25N3O2/c26-21(18-6-7-18)23-20-10-8-19(9-11-20)22(27)25-14-12-24(13-15-25)16-17-4-2-1-3-5-17/h1-5,8-11,18H,6-7,12-16H2,(H,23,26). The number of hydrogen-bond donors (Lipinski definition) is 1. The number of rotatable bonds is 5. The Labute approximate surface area is 160 Å². The molecule has 0 unspecified atom stereocenters. The minimum atomic E-state index is 0.0643. The third-order valence-electron chi connectivity index (χ3n) is 5.26. The third-order valence-corrected chi connectivity index (χ3v) is 5.26. The van der Waals surface area contributed by atoms with E-state index in [9.17, 15) is 9.59 Å². The monoisotopic (exact) mass is 363 g/mol. The fraction of sp³-hybridized carbons (Fsp3) is 0.364. The molecule has 5 heteroatoms. The number of nitrogens with one attached hydrogen (secondary N) is 1. The third kappa shape index (κ3) is 4.55. The zero-order chi connectivity index (χ0) is 18.6. The molecule has 2 aliphatic rings. The molecule has 1 heterocycles. The van der Waals surface area contributed by atoms with Gasteiger partial charge in [-0.25, -0.2) is 0 Å². The number of hydrogen-bond acceptors (Lipinski definition) is 3.